The topological polar surface area (TPSA) is 30.7 Å². The molecule has 2 heterocycles. The number of hydrogen-bond acceptors (Lipinski definition) is 2. The molecule has 0 atom stereocenters. The lowest BCUT2D eigenvalue weighted by molar-refractivity contribution is -0.138. The van der Waals surface area contributed by atoms with Gasteiger partial charge in [0, 0.05) is 38.6 Å². The van der Waals surface area contributed by atoms with E-state index in [1.165, 1.54) is 6.07 Å². The molecule has 0 aliphatic rings. The van der Waals surface area contributed by atoms with Gasteiger partial charge < -0.3 is 4.57 Å². The van der Waals surface area contributed by atoms with Crippen LogP contribution < -0.4 is 0 Å². The van der Waals surface area contributed by atoms with Crippen molar-refractivity contribution in [2.45, 2.75) is 39.3 Å². The summed E-state index contributed by atoms with van der Waals surface area (Å²) in [7, 11) is 0. The molecule has 11 rings (SSSR count). The maximum absolute atomic E-state index is 14.9. The standard InChI is InChI=1S/C64H42F9N3/c1-37-12-10-17-44(24-37)52-34-48(61-74-56(40-13-6-4-7-14-40)36-57(75-61)41-15-8-5-9-16-41)35-53(45-18-11-19-49(29-45)62(65,66)67)60(52)76-58-22-20-42(46-25-38(2)27-50(30-46)63(68,69)70)32-54(58)55-33-43(21-23-59(55)76)47-26-39(3)28-51(31-47)64(71,72)73/h4-36H,1-3H3. The first-order valence-corrected chi connectivity index (χ1v) is 24.2. The molecule has 0 saturated heterocycles. The molecule has 3 nitrogen and oxygen atoms in total. The molecule has 0 bridgehead atoms. The van der Waals surface area contributed by atoms with Crippen molar-refractivity contribution in [3.63, 3.8) is 0 Å². The molecular weight excluding hydrogens is 982 g/mol. The second kappa shape index (κ2) is 18.9. The predicted octanol–water partition coefficient (Wildman–Crippen LogP) is 19.2. The Bertz CT molecular complexity index is 3860. The van der Waals surface area contributed by atoms with Crippen molar-refractivity contribution < 1.29 is 39.5 Å². The molecule has 0 radical (unpaired) electrons. The molecule has 9 aromatic carbocycles. The van der Waals surface area contributed by atoms with Crippen molar-refractivity contribution in [1.82, 2.24) is 14.5 Å². The number of halogens is 9. The smallest absolute Gasteiger partial charge is 0.308 e. The summed E-state index contributed by atoms with van der Waals surface area (Å²) in [4.78, 5) is 10.3. The Labute approximate surface area is 431 Å². The Hall–Kier alpha value is -8.77. The molecule has 2 aromatic heterocycles. The van der Waals surface area contributed by atoms with E-state index < -0.39 is 35.2 Å². The van der Waals surface area contributed by atoms with Crippen LogP contribution in [0.3, 0.4) is 0 Å². The van der Waals surface area contributed by atoms with Crippen LogP contribution in [0.25, 0.3) is 106 Å². The molecule has 0 spiro atoms. The van der Waals surface area contributed by atoms with Crippen LogP contribution in [0.2, 0.25) is 0 Å². The van der Waals surface area contributed by atoms with Crippen LogP contribution in [0, 0.1) is 20.8 Å². The summed E-state index contributed by atoms with van der Waals surface area (Å²) in [6.07, 6.45) is -14.0. The van der Waals surface area contributed by atoms with Crippen LogP contribution in [0.15, 0.2) is 200 Å². The van der Waals surface area contributed by atoms with Crippen LogP contribution in [0.1, 0.15) is 33.4 Å². The van der Waals surface area contributed by atoms with Gasteiger partial charge in [0.05, 0.1) is 44.8 Å². The minimum atomic E-state index is -4.73. The van der Waals surface area contributed by atoms with Gasteiger partial charge in [0.25, 0.3) is 0 Å². The van der Waals surface area contributed by atoms with Gasteiger partial charge in [0.15, 0.2) is 5.82 Å². The number of aryl methyl sites for hydroxylation is 3. The first-order chi connectivity index (χ1) is 36.2. The van der Waals surface area contributed by atoms with Gasteiger partial charge in [-0.25, -0.2) is 9.97 Å². The second-order valence-electron chi connectivity index (χ2n) is 19.0. The highest BCUT2D eigenvalue weighted by Gasteiger charge is 2.34. The highest BCUT2D eigenvalue weighted by molar-refractivity contribution is 6.13. The second-order valence-corrected chi connectivity index (χ2v) is 19.0. The molecule has 0 aliphatic carbocycles. The third-order valence-corrected chi connectivity index (χ3v) is 13.5. The first kappa shape index (κ1) is 49.4. The minimum Gasteiger partial charge on any atom is -0.308 e. The summed E-state index contributed by atoms with van der Waals surface area (Å²) >= 11 is 0. The van der Waals surface area contributed by atoms with Gasteiger partial charge in [0.1, 0.15) is 0 Å². The highest BCUT2D eigenvalue weighted by Crippen LogP contribution is 2.47. The van der Waals surface area contributed by atoms with E-state index in [-0.39, 0.29) is 22.5 Å². The fourth-order valence-electron chi connectivity index (χ4n) is 10.1. The molecule has 376 valence electrons. The van der Waals surface area contributed by atoms with Gasteiger partial charge >= 0.3 is 18.5 Å². The van der Waals surface area contributed by atoms with Crippen LogP contribution in [-0.4, -0.2) is 14.5 Å². The molecule has 0 aliphatic heterocycles. The number of aromatic nitrogens is 3. The lowest BCUT2D eigenvalue weighted by Gasteiger charge is -2.22. The predicted molar refractivity (Wildman–Crippen MR) is 284 cm³/mol. The average molecular weight is 1020 g/mol. The van der Waals surface area contributed by atoms with E-state index in [2.05, 4.69) is 0 Å². The molecule has 11 aromatic rings. The number of rotatable bonds is 8. The third-order valence-electron chi connectivity index (χ3n) is 13.5. The van der Waals surface area contributed by atoms with Crippen LogP contribution in [0.4, 0.5) is 39.5 Å². The van der Waals surface area contributed by atoms with E-state index >= 15 is 0 Å². The zero-order valence-corrected chi connectivity index (χ0v) is 40.8. The average Bonchev–Trinajstić information content (AvgIpc) is 3.74. The number of alkyl halides is 9. The van der Waals surface area contributed by atoms with E-state index in [0.29, 0.717) is 83.4 Å². The Balaban J connectivity index is 1.27. The van der Waals surface area contributed by atoms with Crippen molar-refractivity contribution >= 4 is 21.8 Å². The Morgan fingerprint density at radius 2 is 0.737 bits per heavy atom. The molecule has 76 heavy (non-hydrogen) atoms. The molecule has 0 saturated carbocycles. The SMILES string of the molecule is Cc1cccc(-c2cc(-c3nc(-c4ccccc4)cc(-c4ccccc4)n3)cc(-c3cccc(C(F)(F)F)c3)c2-n2c3ccc(-c4cc(C)cc(C(F)(F)F)c4)cc3c3cc(-c4cc(C)cc(C(F)(F)F)c4)ccc32)c1. The van der Waals surface area contributed by atoms with E-state index in [0.717, 1.165) is 53.1 Å². The Morgan fingerprint density at radius 1 is 0.316 bits per heavy atom. The Kier molecular flexibility index (Phi) is 12.3. The normalized spacial score (nSPS) is 12.2. The maximum atomic E-state index is 14.9. The summed E-state index contributed by atoms with van der Waals surface area (Å²) in [6.45, 7) is 5.07. The van der Waals surface area contributed by atoms with Crippen molar-refractivity contribution in [2.24, 2.45) is 0 Å². The summed E-state index contributed by atoms with van der Waals surface area (Å²) in [5.41, 5.74) is 7.06. The first-order valence-electron chi connectivity index (χ1n) is 24.2. The number of hydrogen-bond donors (Lipinski definition) is 0. The van der Waals surface area contributed by atoms with Crippen molar-refractivity contribution in [3.05, 3.63) is 234 Å². The molecule has 0 fully saturated rings. The molecule has 0 unspecified atom stereocenters. The fourth-order valence-corrected chi connectivity index (χ4v) is 10.1. The van der Waals surface area contributed by atoms with Gasteiger partial charge in [-0.2, -0.15) is 39.5 Å². The number of nitrogens with zero attached hydrogens (tertiary/aromatic N) is 3. The Morgan fingerprint density at radius 3 is 1.20 bits per heavy atom. The van der Waals surface area contributed by atoms with E-state index in [4.69, 9.17) is 9.97 Å². The third kappa shape index (κ3) is 9.62. The summed E-state index contributed by atoms with van der Waals surface area (Å²) < 4.78 is 132. The van der Waals surface area contributed by atoms with Gasteiger partial charge in [-0.05, 0) is 144 Å². The van der Waals surface area contributed by atoms with Crippen molar-refractivity contribution in [1.29, 1.82) is 0 Å². The lowest BCUT2D eigenvalue weighted by Crippen LogP contribution is -2.06. The number of fused-ring (bicyclic) bond motifs is 3. The minimum absolute atomic E-state index is 0.199. The van der Waals surface area contributed by atoms with Crippen LogP contribution in [0.5, 0.6) is 0 Å². The van der Waals surface area contributed by atoms with E-state index in [9.17, 15) is 39.5 Å². The van der Waals surface area contributed by atoms with E-state index in [1.54, 1.807) is 74.5 Å². The largest absolute Gasteiger partial charge is 0.416 e. The molecule has 0 N–H and O–H groups in total. The summed E-state index contributed by atoms with van der Waals surface area (Å²) in [5, 5.41) is 1.04. The van der Waals surface area contributed by atoms with E-state index in [1.807, 2.05) is 109 Å². The highest BCUT2D eigenvalue weighted by atomic mass is 19.4. The zero-order chi connectivity index (χ0) is 53.3. The summed E-state index contributed by atoms with van der Waals surface area (Å²) in [6, 6.07) is 55.4. The lowest BCUT2D eigenvalue weighted by atomic mass is 9.91. The van der Waals surface area contributed by atoms with Gasteiger partial charge in [-0.1, -0.05) is 127 Å². The zero-order valence-electron chi connectivity index (χ0n) is 40.8. The van der Waals surface area contributed by atoms with Gasteiger partial charge in [-0.3, -0.25) is 0 Å². The van der Waals surface area contributed by atoms with Gasteiger partial charge in [-0.15, -0.1) is 0 Å². The van der Waals surface area contributed by atoms with Gasteiger partial charge in [0.2, 0.25) is 0 Å². The molecular formula is C64H42F9N3. The molecule has 12 heteroatoms. The number of benzene rings is 9. The fraction of sp³-hybridized carbons (Fsp3) is 0.0938. The van der Waals surface area contributed by atoms with Crippen molar-refractivity contribution in [3.8, 4) is 84.1 Å². The monoisotopic (exact) mass is 1020 g/mol. The van der Waals surface area contributed by atoms with Crippen molar-refractivity contribution in [2.75, 3.05) is 0 Å². The van der Waals surface area contributed by atoms with Crippen LogP contribution in [-0.2, 0) is 18.5 Å². The molecule has 0 amide bonds. The van der Waals surface area contributed by atoms with Crippen LogP contribution >= 0.6 is 0 Å². The quantitative estimate of drug-likeness (QED) is 0.142. The summed E-state index contributed by atoms with van der Waals surface area (Å²) in [5.74, 6) is 0.290. The maximum Gasteiger partial charge on any atom is 0.416 e.